The van der Waals surface area contributed by atoms with E-state index in [4.69, 9.17) is 4.55 Å². The normalized spacial score (nSPS) is 10.3. The van der Waals surface area contributed by atoms with Gasteiger partial charge < -0.3 is 6.15 Å². The van der Waals surface area contributed by atoms with Gasteiger partial charge in [-0.2, -0.15) is 8.42 Å². The smallest absolute Gasteiger partial charge is 0.312 e. The second-order valence-electron chi connectivity index (χ2n) is 1.64. The molecule has 5 nitrogen and oxygen atoms in total. The van der Waals surface area contributed by atoms with Crippen molar-refractivity contribution in [2.75, 3.05) is 0 Å². The molecule has 1 aromatic heterocycles. The van der Waals surface area contributed by atoms with Crippen molar-refractivity contribution in [3.63, 3.8) is 0 Å². The molecule has 0 aliphatic heterocycles. The Morgan fingerprint density at radius 1 is 1.36 bits per heavy atom. The van der Waals surface area contributed by atoms with Gasteiger partial charge in [0.15, 0.2) is 5.03 Å². The SMILES string of the molecule is N.O=S(=O)(O)c1ccccn1. The fourth-order valence-electron chi connectivity index (χ4n) is 0.500. The fourth-order valence-corrected chi connectivity index (χ4v) is 0.944. The van der Waals surface area contributed by atoms with Crippen LogP contribution in [0.15, 0.2) is 29.4 Å². The molecule has 0 unspecified atom stereocenters. The van der Waals surface area contributed by atoms with Gasteiger partial charge in [-0.1, -0.05) is 6.07 Å². The van der Waals surface area contributed by atoms with Gasteiger partial charge in [0.1, 0.15) is 0 Å². The highest BCUT2D eigenvalue weighted by molar-refractivity contribution is 7.85. The molecule has 4 N–H and O–H groups in total. The van der Waals surface area contributed by atoms with Crippen molar-refractivity contribution in [1.82, 2.24) is 11.1 Å². The van der Waals surface area contributed by atoms with E-state index < -0.39 is 10.1 Å². The van der Waals surface area contributed by atoms with Crippen molar-refractivity contribution in [3.8, 4) is 0 Å². The summed E-state index contributed by atoms with van der Waals surface area (Å²) in [6.07, 6.45) is 1.29. The van der Waals surface area contributed by atoms with Gasteiger partial charge in [-0.3, -0.25) is 4.55 Å². The summed E-state index contributed by atoms with van der Waals surface area (Å²) >= 11 is 0. The molecule has 11 heavy (non-hydrogen) atoms. The van der Waals surface area contributed by atoms with Crippen molar-refractivity contribution >= 4 is 10.1 Å². The van der Waals surface area contributed by atoms with Gasteiger partial charge in [-0.15, -0.1) is 0 Å². The topological polar surface area (TPSA) is 102 Å². The Bertz CT molecular complexity index is 308. The monoisotopic (exact) mass is 176 g/mol. The van der Waals surface area contributed by atoms with Crippen LogP contribution in [0.3, 0.4) is 0 Å². The van der Waals surface area contributed by atoms with E-state index in [0.717, 1.165) is 0 Å². The van der Waals surface area contributed by atoms with Crippen LogP contribution in [0.4, 0.5) is 0 Å². The van der Waals surface area contributed by atoms with Crippen LogP contribution in [-0.2, 0) is 10.1 Å². The highest BCUT2D eigenvalue weighted by atomic mass is 32.2. The van der Waals surface area contributed by atoms with Crippen molar-refractivity contribution in [3.05, 3.63) is 24.4 Å². The quantitative estimate of drug-likeness (QED) is 0.606. The van der Waals surface area contributed by atoms with Crippen LogP contribution in [0.25, 0.3) is 0 Å². The number of nitrogens with zero attached hydrogens (tertiary/aromatic N) is 1. The molecular weight excluding hydrogens is 168 g/mol. The molecule has 0 radical (unpaired) electrons. The predicted octanol–water partition coefficient (Wildman–Crippen LogP) is 0.490. The average Bonchev–Trinajstić information content (AvgIpc) is 1.88. The lowest BCUT2D eigenvalue weighted by atomic mass is 10.5. The lowest BCUT2D eigenvalue weighted by molar-refractivity contribution is 0.479. The Balaban J connectivity index is 0.000001000. The molecule has 0 aliphatic rings. The lowest BCUT2D eigenvalue weighted by Crippen LogP contribution is -1.99. The molecular formula is C5H8N2O3S. The van der Waals surface area contributed by atoms with Crippen LogP contribution in [-0.4, -0.2) is 18.0 Å². The third-order valence-electron chi connectivity index (χ3n) is 0.902. The van der Waals surface area contributed by atoms with Crippen molar-refractivity contribution in [2.24, 2.45) is 0 Å². The average molecular weight is 176 g/mol. The first-order valence-electron chi connectivity index (χ1n) is 2.49. The minimum absolute atomic E-state index is 0. The van der Waals surface area contributed by atoms with Crippen molar-refractivity contribution in [2.45, 2.75) is 5.03 Å². The van der Waals surface area contributed by atoms with Crippen LogP contribution < -0.4 is 6.15 Å². The van der Waals surface area contributed by atoms with E-state index in [0.29, 0.717) is 0 Å². The molecule has 6 heteroatoms. The molecule has 0 amide bonds. The first-order chi connectivity index (χ1) is 4.61. The van der Waals surface area contributed by atoms with Gasteiger partial charge >= 0.3 is 10.1 Å². The second-order valence-corrected chi connectivity index (χ2v) is 3.01. The molecule has 0 spiro atoms. The third-order valence-corrected chi connectivity index (χ3v) is 1.67. The van der Waals surface area contributed by atoms with Crippen LogP contribution in [0.2, 0.25) is 0 Å². The summed E-state index contributed by atoms with van der Waals surface area (Å²) in [7, 11) is -4.11. The van der Waals surface area contributed by atoms with E-state index in [1.165, 1.54) is 18.3 Å². The van der Waals surface area contributed by atoms with E-state index in [2.05, 4.69) is 4.98 Å². The lowest BCUT2D eigenvalue weighted by Gasteiger charge is -1.91. The minimum Gasteiger partial charge on any atom is -0.344 e. The van der Waals surface area contributed by atoms with Crippen LogP contribution in [0.1, 0.15) is 0 Å². The largest absolute Gasteiger partial charge is 0.344 e. The summed E-state index contributed by atoms with van der Waals surface area (Å²) in [6, 6.07) is 4.26. The minimum atomic E-state index is -4.11. The molecule has 0 bridgehead atoms. The van der Waals surface area contributed by atoms with Gasteiger partial charge in [0.05, 0.1) is 0 Å². The highest BCUT2D eigenvalue weighted by Crippen LogP contribution is 2.00. The zero-order valence-electron chi connectivity index (χ0n) is 5.64. The number of pyridine rings is 1. The van der Waals surface area contributed by atoms with Gasteiger partial charge in [0, 0.05) is 6.20 Å². The summed E-state index contributed by atoms with van der Waals surface area (Å²) in [5.74, 6) is 0. The number of rotatable bonds is 1. The standard InChI is InChI=1S/C5H5NO3S.H3N/c7-10(8,9)5-3-1-2-4-6-5;/h1-4H,(H,7,8,9);1H3. The van der Waals surface area contributed by atoms with Crippen LogP contribution in [0, 0.1) is 0 Å². The summed E-state index contributed by atoms with van der Waals surface area (Å²) in [6.45, 7) is 0. The number of hydrogen-bond donors (Lipinski definition) is 2. The van der Waals surface area contributed by atoms with Crippen molar-refractivity contribution < 1.29 is 13.0 Å². The second kappa shape index (κ2) is 3.42. The molecule has 1 heterocycles. The molecule has 0 saturated carbocycles. The van der Waals surface area contributed by atoms with Gasteiger partial charge in [-0.25, -0.2) is 4.98 Å². The highest BCUT2D eigenvalue weighted by Gasteiger charge is 2.07. The molecule has 0 aromatic carbocycles. The number of hydrogen-bond acceptors (Lipinski definition) is 4. The molecule has 0 atom stereocenters. The first-order valence-corrected chi connectivity index (χ1v) is 3.93. The molecule has 62 valence electrons. The molecule has 1 aromatic rings. The Hall–Kier alpha value is -0.980. The Morgan fingerprint density at radius 3 is 2.27 bits per heavy atom. The maximum absolute atomic E-state index is 10.3. The summed E-state index contributed by atoms with van der Waals surface area (Å²) < 4.78 is 29.1. The van der Waals surface area contributed by atoms with Crippen molar-refractivity contribution in [1.29, 1.82) is 0 Å². The molecule has 0 saturated heterocycles. The van der Waals surface area contributed by atoms with E-state index in [-0.39, 0.29) is 11.2 Å². The first kappa shape index (κ1) is 10.0. The zero-order valence-corrected chi connectivity index (χ0v) is 6.45. The third kappa shape index (κ3) is 2.62. The Labute approximate surface area is 64.4 Å². The summed E-state index contributed by atoms with van der Waals surface area (Å²) in [5, 5.41) is -0.324. The van der Waals surface area contributed by atoms with E-state index >= 15 is 0 Å². The summed E-state index contributed by atoms with van der Waals surface area (Å²) in [5.41, 5.74) is 0. The van der Waals surface area contributed by atoms with Crippen LogP contribution >= 0.6 is 0 Å². The van der Waals surface area contributed by atoms with E-state index in [9.17, 15) is 8.42 Å². The maximum Gasteiger partial charge on any atom is 0.312 e. The van der Waals surface area contributed by atoms with Gasteiger partial charge in [-0.05, 0) is 12.1 Å². The Morgan fingerprint density at radius 2 is 2.00 bits per heavy atom. The van der Waals surface area contributed by atoms with Gasteiger partial charge in [0.25, 0.3) is 0 Å². The van der Waals surface area contributed by atoms with Crippen LogP contribution in [0.5, 0.6) is 0 Å². The summed E-state index contributed by atoms with van der Waals surface area (Å²) in [4.78, 5) is 3.41. The molecule has 0 aliphatic carbocycles. The van der Waals surface area contributed by atoms with E-state index in [1.807, 2.05) is 0 Å². The van der Waals surface area contributed by atoms with E-state index in [1.54, 1.807) is 6.07 Å². The molecule has 1 rings (SSSR count). The fraction of sp³-hybridized carbons (Fsp3) is 0. The predicted molar refractivity (Wildman–Crippen MR) is 39.1 cm³/mol. The van der Waals surface area contributed by atoms with Gasteiger partial charge in [0.2, 0.25) is 0 Å². The zero-order chi connectivity index (χ0) is 7.61. The maximum atomic E-state index is 10.3. The number of aromatic nitrogens is 1. The Kier molecular flexibility index (Phi) is 3.12. The molecule has 0 fully saturated rings.